The normalized spacial score (nSPS) is 14.8. The van der Waals surface area contributed by atoms with E-state index in [1.165, 1.54) is 16.4 Å². The molecule has 0 radical (unpaired) electrons. The lowest BCUT2D eigenvalue weighted by Crippen LogP contribution is -2.28. The van der Waals surface area contributed by atoms with Crippen LogP contribution in [0.1, 0.15) is 39.1 Å². The molecule has 0 saturated carbocycles. The van der Waals surface area contributed by atoms with Gasteiger partial charge < -0.3 is 4.74 Å². The molecular weight excluding hydrogens is 446 g/mol. The highest BCUT2D eigenvalue weighted by atomic mass is 79.9. The Hall–Kier alpha value is -2.03. The van der Waals surface area contributed by atoms with Crippen molar-refractivity contribution in [2.45, 2.75) is 24.7 Å². The van der Waals surface area contributed by atoms with Gasteiger partial charge in [-0.15, -0.1) is 0 Å². The summed E-state index contributed by atoms with van der Waals surface area (Å²) in [6, 6.07) is 11.1. The van der Waals surface area contributed by atoms with Crippen molar-refractivity contribution in [1.29, 1.82) is 0 Å². The first-order chi connectivity index (χ1) is 13.3. The Morgan fingerprint density at radius 2 is 1.64 bits per heavy atom. The van der Waals surface area contributed by atoms with E-state index in [1.807, 2.05) is 0 Å². The number of nitrogens with zero attached hydrogens (tertiary/aromatic N) is 1. The van der Waals surface area contributed by atoms with Gasteiger partial charge in [0.1, 0.15) is 0 Å². The van der Waals surface area contributed by atoms with Crippen molar-refractivity contribution in [2.24, 2.45) is 0 Å². The average Bonchev–Trinajstić information content (AvgIpc) is 3.22. The maximum Gasteiger partial charge on any atom is 0.338 e. The van der Waals surface area contributed by atoms with E-state index in [-0.39, 0.29) is 16.2 Å². The molecular formula is C20H20BrNO5S. The fourth-order valence-corrected chi connectivity index (χ4v) is 5.04. The van der Waals surface area contributed by atoms with E-state index in [2.05, 4.69) is 15.9 Å². The Bertz CT molecular complexity index is 996. The number of rotatable bonds is 6. The number of hydrogen-bond donors (Lipinski definition) is 0. The summed E-state index contributed by atoms with van der Waals surface area (Å²) in [5, 5.41) is 0. The fraction of sp³-hybridized carbons (Fsp3) is 0.300. The molecule has 0 aromatic heterocycles. The van der Waals surface area contributed by atoms with Crippen LogP contribution in [0.5, 0.6) is 0 Å². The molecule has 8 heteroatoms. The van der Waals surface area contributed by atoms with Crippen LogP contribution in [-0.2, 0) is 14.8 Å². The standard InChI is InChI=1S/C20H20BrNO5S/c1-14-4-5-16(12-19(14)28(25,26)22-10-2-3-11-22)20(24)27-13-18(23)15-6-8-17(21)9-7-15/h4-9,12H,2-3,10-11,13H2,1H3. The monoisotopic (exact) mass is 465 g/mol. The number of ether oxygens (including phenoxy) is 1. The van der Waals surface area contributed by atoms with Crippen LogP contribution >= 0.6 is 15.9 Å². The molecule has 1 fully saturated rings. The summed E-state index contributed by atoms with van der Waals surface area (Å²) < 4.78 is 33.0. The third-order valence-corrected chi connectivity index (χ3v) is 7.18. The number of carbonyl (C=O) groups is 2. The third-order valence-electron chi connectivity index (χ3n) is 4.61. The van der Waals surface area contributed by atoms with E-state index in [0.29, 0.717) is 24.2 Å². The summed E-state index contributed by atoms with van der Waals surface area (Å²) in [5.41, 5.74) is 1.10. The quantitative estimate of drug-likeness (QED) is 0.480. The lowest BCUT2D eigenvalue weighted by atomic mass is 10.1. The summed E-state index contributed by atoms with van der Waals surface area (Å²) in [6.45, 7) is 2.24. The second-order valence-electron chi connectivity index (χ2n) is 6.60. The topological polar surface area (TPSA) is 80.8 Å². The first-order valence-corrected chi connectivity index (χ1v) is 11.1. The van der Waals surface area contributed by atoms with Crippen LogP contribution in [0.15, 0.2) is 51.8 Å². The maximum atomic E-state index is 12.8. The van der Waals surface area contributed by atoms with Gasteiger partial charge in [-0.3, -0.25) is 4.79 Å². The molecule has 0 amide bonds. The predicted octanol–water partition coefficient (Wildman–Crippen LogP) is 3.58. The van der Waals surface area contributed by atoms with E-state index in [1.54, 1.807) is 37.3 Å². The van der Waals surface area contributed by atoms with E-state index in [4.69, 9.17) is 4.74 Å². The van der Waals surface area contributed by atoms with Crippen LogP contribution in [0.25, 0.3) is 0 Å². The lowest BCUT2D eigenvalue weighted by Gasteiger charge is -2.17. The second-order valence-corrected chi connectivity index (χ2v) is 9.42. The Balaban J connectivity index is 1.73. The molecule has 0 unspecified atom stereocenters. The van der Waals surface area contributed by atoms with Gasteiger partial charge in [-0.2, -0.15) is 4.31 Å². The second kappa shape index (κ2) is 8.55. The zero-order valence-corrected chi connectivity index (χ0v) is 17.8. The molecule has 3 rings (SSSR count). The van der Waals surface area contributed by atoms with Crippen LogP contribution < -0.4 is 0 Å². The average molecular weight is 466 g/mol. The molecule has 1 aliphatic rings. The van der Waals surface area contributed by atoms with E-state index in [9.17, 15) is 18.0 Å². The fourth-order valence-electron chi connectivity index (χ4n) is 3.01. The Morgan fingerprint density at radius 3 is 2.29 bits per heavy atom. The zero-order valence-electron chi connectivity index (χ0n) is 15.4. The number of Topliss-reactive ketones (excluding diaryl/α,β-unsaturated/α-hetero) is 1. The van der Waals surface area contributed by atoms with Crippen molar-refractivity contribution in [3.8, 4) is 0 Å². The number of ketones is 1. The predicted molar refractivity (Wildman–Crippen MR) is 108 cm³/mol. The van der Waals surface area contributed by atoms with Gasteiger partial charge >= 0.3 is 5.97 Å². The van der Waals surface area contributed by atoms with Crippen LogP contribution in [-0.4, -0.2) is 44.2 Å². The Kier molecular flexibility index (Phi) is 6.32. The number of carbonyl (C=O) groups excluding carboxylic acids is 2. The number of halogens is 1. The SMILES string of the molecule is Cc1ccc(C(=O)OCC(=O)c2ccc(Br)cc2)cc1S(=O)(=O)N1CCCC1. The molecule has 2 aromatic rings. The summed E-state index contributed by atoms with van der Waals surface area (Å²) in [7, 11) is -3.65. The smallest absolute Gasteiger partial charge is 0.338 e. The van der Waals surface area contributed by atoms with Crippen molar-refractivity contribution < 1.29 is 22.7 Å². The van der Waals surface area contributed by atoms with Crippen LogP contribution in [0.2, 0.25) is 0 Å². The van der Waals surface area contributed by atoms with Gasteiger partial charge in [0.2, 0.25) is 10.0 Å². The Labute approximate surface area is 172 Å². The molecule has 0 spiro atoms. The number of esters is 1. The molecule has 28 heavy (non-hydrogen) atoms. The maximum absolute atomic E-state index is 12.8. The van der Waals surface area contributed by atoms with Crippen molar-refractivity contribution in [1.82, 2.24) is 4.31 Å². The van der Waals surface area contributed by atoms with Crippen LogP contribution in [0, 0.1) is 6.92 Å². The van der Waals surface area contributed by atoms with E-state index < -0.39 is 22.6 Å². The number of sulfonamides is 1. The van der Waals surface area contributed by atoms with Crippen LogP contribution in [0.3, 0.4) is 0 Å². The van der Waals surface area contributed by atoms with Gasteiger partial charge in [0.05, 0.1) is 10.5 Å². The minimum absolute atomic E-state index is 0.100. The molecule has 2 aromatic carbocycles. The molecule has 6 nitrogen and oxygen atoms in total. The highest BCUT2D eigenvalue weighted by Gasteiger charge is 2.29. The molecule has 148 valence electrons. The first kappa shape index (κ1) is 20.7. The summed E-state index contributed by atoms with van der Waals surface area (Å²) in [5.74, 6) is -1.07. The highest BCUT2D eigenvalue weighted by Crippen LogP contribution is 2.25. The zero-order chi connectivity index (χ0) is 20.3. The largest absolute Gasteiger partial charge is 0.454 e. The summed E-state index contributed by atoms with van der Waals surface area (Å²) in [6.07, 6.45) is 1.66. The molecule has 0 N–H and O–H groups in total. The molecule has 1 saturated heterocycles. The molecule has 1 heterocycles. The summed E-state index contributed by atoms with van der Waals surface area (Å²) in [4.78, 5) is 24.6. The van der Waals surface area contributed by atoms with Gasteiger partial charge in [-0.05, 0) is 49.6 Å². The molecule has 0 atom stereocenters. The molecule has 1 aliphatic heterocycles. The molecule has 0 aliphatic carbocycles. The minimum atomic E-state index is -3.65. The van der Waals surface area contributed by atoms with Gasteiger partial charge in [0.15, 0.2) is 12.4 Å². The summed E-state index contributed by atoms with van der Waals surface area (Å²) >= 11 is 3.29. The number of benzene rings is 2. The van der Waals surface area contributed by atoms with Gasteiger partial charge in [-0.1, -0.05) is 34.1 Å². The van der Waals surface area contributed by atoms with Crippen molar-refractivity contribution in [3.05, 3.63) is 63.6 Å². The van der Waals surface area contributed by atoms with Gasteiger partial charge in [-0.25, -0.2) is 13.2 Å². The molecule has 0 bridgehead atoms. The third kappa shape index (κ3) is 4.51. The van der Waals surface area contributed by atoms with Crippen LogP contribution in [0.4, 0.5) is 0 Å². The number of aryl methyl sites for hydroxylation is 1. The minimum Gasteiger partial charge on any atom is -0.454 e. The lowest BCUT2D eigenvalue weighted by molar-refractivity contribution is 0.0474. The Morgan fingerprint density at radius 1 is 1.04 bits per heavy atom. The van der Waals surface area contributed by atoms with Gasteiger partial charge in [0.25, 0.3) is 0 Å². The van der Waals surface area contributed by atoms with E-state index in [0.717, 1.165) is 17.3 Å². The van der Waals surface area contributed by atoms with Crippen molar-refractivity contribution in [2.75, 3.05) is 19.7 Å². The number of hydrogen-bond acceptors (Lipinski definition) is 5. The highest BCUT2D eigenvalue weighted by molar-refractivity contribution is 9.10. The van der Waals surface area contributed by atoms with E-state index >= 15 is 0 Å². The van der Waals surface area contributed by atoms with Gasteiger partial charge in [0, 0.05) is 23.1 Å². The first-order valence-electron chi connectivity index (χ1n) is 8.86. The van der Waals surface area contributed by atoms with Crippen molar-refractivity contribution in [3.63, 3.8) is 0 Å². The van der Waals surface area contributed by atoms with Crippen molar-refractivity contribution >= 4 is 37.7 Å².